The Kier molecular flexibility index (Phi) is 4.20. The van der Waals surface area contributed by atoms with E-state index in [1.807, 2.05) is 12.1 Å². The van der Waals surface area contributed by atoms with E-state index >= 15 is 0 Å². The molecule has 1 N–H and O–H groups in total. The summed E-state index contributed by atoms with van der Waals surface area (Å²) in [6, 6.07) is 8.56. The van der Waals surface area contributed by atoms with E-state index in [4.69, 9.17) is 11.6 Å². The van der Waals surface area contributed by atoms with Crippen molar-refractivity contribution in [3.05, 3.63) is 61.8 Å². The van der Waals surface area contributed by atoms with E-state index in [1.54, 1.807) is 12.1 Å². The van der Waals surface area contributed by atoms with Crippen LogP contribution in [0.3, 0.4) is 0 Å². The zero-order valence-electron chi connectivity index (χ0n) is 13.9. The number of aromatic hydroxyl groups is 1. The molecule has 3 atom stereocenters. The lowest BCUT2D eigenvalue weighted by Gasteiger charge is -2.24. The van der Waals surface area contributed by atoms with Gasteiger partial charge >= 0.3 is 5.69 Å². The standard InChI is InChI=1S/C19H21ClN2O3/c20-15-5-2-12(3-6-15)7-8-21-17(23)11-18(24)22(19(21)25)16-10-13-1-4-14(16)9-13/h2-3,5-6,11,13-14,16,23H,1,4,7-10H2/t13-,14+,16-/m1/s1. The first-order valence-electron chi connectivity index (χ1n) is 8.82. The Hall–Kier alpha value is -2.01. The summed E-state index contributed by atoms with van der Waals surface area (Å²) in [6.07, 6.45) is 4.90. The van der Waals surface area contributed by atoms with Crippen LogP contribution in [-0.2, 0) is 13.0 Å². The van der Waals surface area contributed by atoms with Crippen LogP contribution in [0.5, 0.6) is 5.88 Å². The van der Waals surface area contributed by atoms with Crippen LogP contribution in [0.25, 0.3) is 0 Å². The Morgan fingerprint density at radius 2 is 1.88 bits per heavy atom. The summed E-state index contributed by atoms with van der Waals surface area (Å²) in [5, 5.41) is 10.8. The van der Waals surface area contributed by atoms with Crippen LogP contribution in [0.2, 0.25) is 5.02 Å². The third-order valence-electron chi connectivity index (χ3n) is 5.77. The van der Waals surface area contributed by atoms with Crippen molar-refractivity contribution in [2.45, 2.75) is 44.7 Å². The van der Waals surface area contributed by atoms with Crippen molar-refractivity contribution in [2.24, 2.45) is 11.8 Å². The number of hydrogen-bond donors (Lipinski definition) is 1. The van der Waals surface area contributed by atoms with Crippen molar-refractivity contribution in [1.29, 1.82) is 0 Å². The molecule has 1 aromatic carbocycles. The molecular formula is C19H21ClN2O3. The van der Waals surface area contributed by atoms with Gasteiger partial charge in [0.15, 0.2) is 0 Å². The van der Waals surface area contributed by atoms with E-state index < -0.39 is 5.69 Å². The first-order valence-corrected chi connectivity index (χ1v) is 9.20. The van der Waals surface area contributed by atoms with Gasteiger partial charge in [-0.2, -0.15) is 0 Å². The van der Waals surface area contributed by atoms with Gasteiger partial charge < -0.3 is 5.11 Å². The molecular weight excluding hydrogens is 340 g/mol. The minimum Gasteiger partial charge on any atom is -0.494 e. The Bertz CT molecular complexity index is 900. The molecule has 4 rings (SSSR count). The molecule has 0 radical (unpaired) electrons. The highest BCUT2D eigenvalue weighted by atomic mass is 35.5. The smallest absolute Gasteiger partial charge is 0.334 e. The second-order valence-electron chi connectivity index (χ2n) is 7.26. The number of nitrogens with zero attached hydrogens (tertiary/aromatic N) is 2. The first kappa shape index (κ1) is 16.5. The van der Waals surface area contributed by atoms with Gasteiger partial charge in [-0.3, -0.25) is 13.9 Å². The second-order valence-corrected chi connectivity index (χ2v) is 7.70. The number of fused-ring (bicyclic) bond motifs is 2. The summed E-state index contributed by atoms with van der Waals surface area (Å²) in [4.78, 5) is 25.3. The molecule has 0 unspecified atom stereocenters. The molecule has 6 heteroatoms. The van der Waals surface area contributed by atoms with Crippen molar-refractivity contribution < 1.29 is 5.11 Å². The zero-order valence-corrected chi connectivity index (χ0v) is 14.7. The highest BCUT2D eigenvalue weighted by molar-refractivity contribution is 6.30. The lowest BCUT2D eigenvalue weighted by atomic mass is 9.95. The summed E-state index contributed by atoms with van der Waals surface area (Å²) < 4.78 is 2.69. The summed E-state index contributed by atoms with van der Waals surface area (Å²) in [6.45, 7) is 0.327. The van der Waals surface area contributed by atoms with E-state index in [0.29, 0.717) is 29.8 Å². The van der Waals surface area contributed by atoms with Gasteiger partial charge in [-0.25, -0.2) is 4.79 Å². The van der Waals surface area contributed by atoms with E-state index in [-0.39, 0.29) is 17.5 Å². The number of aromatic nitrogens is 2. The van der Waals surface area contributed by atoms with E-state index in [1.165, 1.54) is 21.6 Å². The molecule has 2 aromatic rings. The van der Waals surface area contributed by atoms with Crippen molar-refractivity contribution in [3.8, 4) is 5.88 Å². The molecule has 0 aliphatic heterocycles. The number of rotatable bonds is 4. The molecule has 0 spiro atoms. The maximum Gasteiger partial charge on any atom is 0.334 e. The average Bonchev–Trinajstić information content (AvgIpc) is 3.19. The minimum absolute atomic E-state index is 0.0128. The van der Waals surface area contributed by atoms with Crippen LogP contribution in [0.4, 0.5) is 0 Å². The van der Waals surface area contributed by atoms with Gasteiger partial charge in [-0.1, -0.05) is 30.2 Å². The topological polar surface area (TPSA) is 64.2 Å². The lowest BCUT2D eigenvalue weighted by Crippen LogP contribution is -2.43. The monoisotopic (exact) mass is 360 g/mol. The predicted octanol–water partition coefficient (Wildman–Crippen LogP) is 2.97. The Balaban J connectivity index is 1.64. The van der Waals surface area contributed by atoms with Gasteiger partial charge in [0.25, 0.3) is 5.56 Å². The van der Waals surface area contributed by atoms with Gasteiger partial charge in [-0.15, -0.1) is 0 Å². The van der Waals surface area contributed by atoms with Crippen molar-refractivity contribution >= 4 is 11.6 Å². The number of benzene rings is 1. The maximum atomic E-state index is 12.9. The largest absolute Gasteiger partial charge is 0.494 e. The van der Waals surface area contributed by atoms with E-state index in [2.05, 4.69) is 0 Å². The Labute approximate surface area is 150 Å². The van der Waals surface area contributed by atoms with Gasteiger partial charge in [0.05, 0.1) is 6.07 Å². The Morgan fingerprint density at radius 1 is 1.12 bits per heavy atom. The zero-order chi connectivity index (χ0) is 17.6. The van der Waals surface area contributed by atoms with Crippen LogP contribution in [-0.4, -0.2) is 14.2 Å². The SMILES string of the molecule is O=c1cc(O)n(CCc2ccc(Cl)cc2)c(=O)n1[C@@H]1C[C@@H]2CC[C@H]1C2. The summed E-state index contributed by atoms with van der Waals surface area (Å²) in [5.41, 5.74) is 0.243. The Morgan fingerprint density at radius 3 is 2.52 bits per heavy atom. The fourth-order valence-electron chi connectivity index (χ4n) is 4.52. The average molecular weight is 361 g/mol. The lowest BCUT2D eigenvalue weighted by molar-refractivity contribution is 0.297. The van der Waals surface area contributed by atoms with Crippen LogP contribution in [0, 0.1) is 11.8 Å². The molecule has 1 heterocycles. The summed E-state index contributed by atoms with van der Waals surface area (Å²) in [5.74, 6) is 0.797. The normalized spacial score (nSPS) is 24.8. The fourth-order valence-corrected chi connectivity index (χ4v) is 4.64. The number of hydrogen-bond acceptors (Lipinski definition) is 3. The van der Waals surface area contributed by atoms with Gasteiger partial charge in [0, 0.05) is 17.6 Å². The fraction of sp³-hybridized carbons (Fsp3) is 0.474. The van der Waals surface area contributed by atoms with Gasteiger partial charge in [0.1, 0.15) is 0 Å². The third-order valence-corrected chi connectivity index (χ3v) is 6.03. The van der Waals surface area contributed by atoms with Crippen LogP contribution in [0.15, 0.2) is 39.9 Å². The van der Waals surface area contributed by atoms with Crippen molar-refractivity contribution in [1.82, 2.24) is 9.13 Å². The minimum atomic E-state index is -0.392. The van der Waals surface area contributed by atoms with Crippen LogP contribution < -0.4 is 11.2 Å². The summed E-state index contributed by atoms with van der Waals surface area (Å²) in [7, 11) is 0. The van der Waals surface area contributed by atoms with E-state index in [9.17, 15) is 14.7 Å². The maximum absolute atomic E-state index is 12.9. The predicted molar refractivity (Wildman–Crippen MR) is 96.3 cm³/mol. The third kappa shape index (κ3) is 3.01. The highest BCUT2D eigenvalue weighted by Gasteiger charge is 2.41. The molecule has 1 aromatic heterocycles. The van der Waals surface area contributed by atoms with Crippen LogP contribution >= 0.6 is 11.6 Å². The second kappa shape index (κ2) is 6.37. The molecule has 2 bridgehead atoms. The highest BCUT2D eigenvalue weighted by Crippen LogP contribution is 2.49. The quantitative estimate of drug-likeness (QED) is 0.911. The van der Waals surface area contributed by atoms with Crippen molar-refractivity contribution in [3.63, 3.8) is 0 Å². The first-order chi connectivity index (χ1) is 12.0. The molecule has 132 valence electrons. The molecule has 2 aliphatic carbocycles. The van der Waals surface area contributed by atoms with Gasteiger partial charge in [-0.05, 0) is 55.2 Å². The van der Waals surface area contributed by atoms with E-state index in [0.717, 1.165) is 24.8 Å². The number of aryl methyl sites for hydroxylation is 1. The molecule has 0 amide bonds. The van der Waals surface area contributed by atoms with Crippen molar-refractivity contribution in [2.75, 3.05) is 0 Å². The molecule has 2 fully saturated rings. The molecule has 0 saturated heterocycles. The van der Waals surface area contributed by atoms with Crippen LogP contribution in [0.1, 0.15) is 37.3 Å². The molecule has 25 heavy (non-hydrogen) atoms. The van der Waals surface area contributed by atoms with Gasteiger partial charge in [0.2, 0.25) is 5.88 Å². The summed E-state index contributed by atoms with van der Waals surface area (Å²) >= 11 is 5.89. The number of halogens is 1. The molecule has 2 saturated carbocycles. The molecule has 5 nitrogen and oxygen atoms in total. The molecule has 2 aliphatic rings.